The van der Waals surface area contributed by atoms with E-state index < -0.39 is 11.2 Å². The van der Waals surface area contributed by atoms with E-state index in [0.29, 0.717) is 51.0 Å². The van der Waals surface area contributed by atoms with E-state index in [1.807, 2.05) is 55.5 Å². The van der Waals surface area contributed by atoms with Crippen molar-refractivity contribution in [3.8, 4) is 40.0 Å². The molecular formula is C31H27N3O5S. The summed E-state index contributed by atoms with van der Waals surface area (Å²) in [7, 11) is 3.10. The van der Waals surface area contributed by atoms with Gasteiger partial charge in [-0.3, -0.25) is 4.79 Å². The van der Waals surface area contributed by atoms with Gasteiger partial charge in [-0.25, -0.2) is 9.78 Å². The van der Waals surface area contributed by atoms with E-state index in [1.54, 1.807) is 32.4 Å². The lowest BCUT2D eigenvalue weighted by Crippen LogP contribution is -2.25. The van der Waals surface area contributed by atoms with Gasteiger partial charge in [-0.05, 0) is 42.8 Å². The molecule has 3 aromatic carbocycles. The second kappa shape index (κ2) is 12.8. The Morgan fingerprint density at radius 1 is 1.00 bits per heavy atom. The summed E-state index contributed by atoms with van der Waals surface area (Å²) in [5.41, 5.74) is 3.68. The van der Waals surface area contributed by atoms with Gasteiger partial charge in [-0.1, -0.05) is 61.2 Å². The highest BCUT2D eigenvalue weighted by Gasteiger charge is 2.25. The number of methoxy groups -OCH3 is 2. The lowest BCUT2D eigenvalue weighted by molar-refractivity contribution is -0.115. The van der Waals surface area contributed by atoms with Gasteiger partial charge >= 0.3 is 5.97 Å². The van der Waals surface area contributed by atoms with Crippen LogP contribution in [-0.4, -0.2) is 41.4 Å². The molecule has 1 heterocycles. The van der Waals surface area contributed by atoms with Crippen LogP contribution in [0.25, 0.3) is 22.4 Å². The summed E-state index contributed by atoms with van der Waals surface area (Å²) < 4.78 is 11.2. The summed E-state index contributed by atoms with van der Waals surface area (Å²) in [5.74, 6) is -0.322. The molecule has 0 bridgehead atoms. The van der Waals surface area contributed by atoms with Gasteiger partial charge in [-0.2, -0.15) is 5.26 Å². The molecule has 1 unspecified atom stereocenters. The molecule has 2 N–H and O–H groups in total. The van der Waals surface area contributed by atoms with Crippen molar-refractivity contribution in [2.24, 2.45) is 0 Å². The third kappa shape index (κ3) is 6.08. The predicted octanol–water partition coefficient (Wildman–Crippen LogP) is 6.51. The molecule has 0 aliphatic carbocycles. The number of carbonyl (C=O) groups excluding carboxylic acids is 1. The maximum absolute atomic E-state index is 13.3. The minimum Gasteiger partial charge on any atom is -0.493 e. The van der Waals surface area contributed by atoms with Crippen molar-refractivity contribution >= 4 is 29.3 Å². The number of ether oxygens (including phenoxy) is 2. The van der Waals surface area contributed by atoms with Gasteiger partial charge in [-0.15, -0.1) is 0 Å². The number of hydrogen-bond donors (Lipinski definition) is 2. The normalized spacial score (nSPS) is 11.2. The lowest BCUT2D eigenvalue weighted by atomic mass is 9.98. The molecule has 40 heavy (non-hydrogen) atoms. The van der Waals surface area contributed by atoms with E-state index in [1.165, 1.54) is 23.9 Å². The molecule has 4 rings (SSSR count). The van der Waals surface area contributed by atoms with Crippen LogP contribution in [0.3, 0.4) is 0 Å². The Morgan fingerprint density at radius 2 is 1.73 bits per heavy atom. The third-order valence-corrected chi connectivity index (χ3v) is 7.53. The third-order valence-electron chi connectivity index (χ3n) is 6.18. The molecule has 202 valence electrons. The van der Waals surface area contributed by atoms with E-state index >= 15 is 0 Å². The Hall–Kier alpha value is -4.81. The first-order chi connectivity index (χ1) is 19.4. The molecule has 0 fully saturated rings. The summed E-state index contributed by atoms with van der Waals surface area (Å²) in [6, 6.07) is 25.1. The van der Waals surface area contributed by atoms with Crippen LogP contribution in [0.5, 0.6) is 11.5 Å². The number of anilines is 1. The number of amides is 1. The number of pyridine rings is 1. The van der Waals surface area contributed by atoms with Gasteiger partial charge in [0.15, 0.2) is 11.5 Å². The molecule has 0 saturated carbocycles. The van der Waals surface area contributed by atoms with Gasteiger partial charge < -0.3 is 19.9 Å². The van der Waals surface area contributed by atoms with E-state index in [9.17, 15) is 14.9 Å². The van der Waals surface area contributed by atoms with E-state index in [-0.39, 0.29) is 11.5 Å². The van der Waals surface area contributed by atoms with E-state index in [4.69, 9.17) is 19.6 Å². The zero-order valence-corrected chi connectivity index (χ0v) is 23.0. The summed E-state index contributed by atoms with van der Waals surface area (Å²) in [6.07, 6.45) is 0.462. The quantitative estimate of drug-likeness (QED) is 0.213. The largest absolute Gasteiger partial charge is 0.493 e. The predicted molar refractivity (Wildman–Crippen MR) is 155 cm³/mol. The van der Waals surface area contributed by atoms with Gasteiger partial charge in [0.05, 0.1) is 36.3 Å². The molecule has 0 aliphatic rings. The fourth-order valence-electron chi connectivity index (χ4n) is 4.16. The number of rotatable bonds is 10. The van der Waals surface area contributed by atoms with Crippen LogP contribution >= 0.6 is 11.8 Å². The van der Waals surface area contributed by atoms with Gasteiger partial charge in [0.2, 0.25) is 5.91 Å². The summed E-state index contributed by atoms with van der Waals surface area (Å²) in [4.78, 5) is 29.2. The second-order valence-electron chi connectivity index (χ2n) is 8.64. The summed E-state index contributed by atoms with van der Waals surface area (Å²) >= 11 is 1.20. The molecule has 1 amide bonds. The number of hydrogen-bond acceptors (Lipinski definition) is 7. The van der Waals surface area contributed by atoms with Crippen LogP contribution in [0.1, 0.15) is 29.3 Å². The minimum absolute atomic E-state index is 0.125. The number of aromatic carboxylic acids is 1. The summed E-state index contributed by atoms with van der Waals surface area (Å²) in [6.45, 7) is 1.88. The standard InChI is InChI=1S/C31H27N3O5S/c1-4-27(29(35)33-21-15-13-20(14-16-21)31(36)37)40-30-24(18-32)23(17-25(34-30)19-9-6-5-7-10-19)22-11-8-12-26(38-2)28(22)39-3/h5-17,27H,4H2,1-3H3,(H,33,35)(H,36,37). The minimum atomic E-state index is -1.04. The second-order valence-corrected chi connectivity index (χ2v) is 9.83. The first kappa shape index (κ1) is 28.2. The topological polar surface area (TPSA) is 122 Å². The van der Waals surface area contributed by atoms with Crippen LogP contribution in [0.4, 0.5) is 5.69 Å². The number of nitriles is 1. The molecular weight excluding hydrogens is 526 g/mol. The molecule has 8 nitrogen and oxygen atoms in total. The van der Waals surface area contributed by atoms with Crippen LogP contribution in [0, 0.1) is 11.3 Å². The van der Waals surface area contributed by atoms with Crippen molar-refractivity contribution in [2.45, 2.75) is 23.6 Å². The average Bonchev–Trinajstić information content (AvgIpc) is 2.99. The monoisotopic (exact) mass is 553 g/mol. The number of benzene rings is 3. The Labute approximate surface area is 236 Å². The fourth-order valence-corrected chi connectivity index (χ4v) is 5.19. The zero-order valence-electron chi connectivity index (χ0n) is 22.2. The number of carboxylic acids is 1. The Kier molecular flexibility index (Phi) is 9.04. The highest BCUT2D eigenvalue weighted by atomic mass is 32.2. The van der Waals surface area contributed by atoms with Crippen molar-refractivity contribution in [3.63, 3.8) is 0 Å². The van der Waals surface area contributed by atoms with Gasteiger partial charge in [0.1, 0.15) is 11.1 Å². The van der Waals surface area contributed by atoms with Crippen LogP contribution < -0.4 is 14.8 Å². The number of nitrogens with zero attached hydrogens (tertiary/aromatic N) is 2. The van der Waals surface area contributed by atoms with Crippen LogP contribution in [0.2, 0.25) is 0 Å². The average molecular weight is 554 g/mol. The number of aromatic nitrogens is 1. The SMILES string of the molecule is CCC(Sc1nc(-c2ccccc2)cc(-c2cccc(OC)c2OC)c1C#N)C(=O)Nc1ccc(C(=O)O)cc1. The van der Waals surface area contributed by atoms with Crippen LogP contribution in [0.15, 0.2) is 83.9 Å². The van der Waals surface area contributed by atoms with Crippen molar-refractivity contribution in [3.05, 3.63) is 90.0 Å². The maximum atomic E-state index is 13.3. The Balaban J connectivity index is 1.78. The molecule has 0 saturated heterocycles. The zero-order chi connectivity index (χ0) is 28.6. The van der Waals surface area contributed by atoms with E-state index in [2.05, 4.69) is 11.4 Å². The van der Waals surface area contributed by atoms with E-state index in [0.717, 1.165) is 5.56 Å². The molecule has 1 aromatic heterocycles. The van der Waals surface area contributed by atoms with Crippen molar-refractivity contribution in [1.82, 2.24) is 4.98 Å². The molecule has 9 heteroatoms. The Bertz CT molecular complexity index is 1570. The fraction of sp³-hybridized carbons (Fsp3) is 0.161. The molecule has 0 aliphatic heterocycles. The first-order valence-corrected chi connectivity index (χ1v) is 13.3. The van der Waals surface area contributed by atoms with Crippen molar-refractivity contribution in [1.29, 1.82) is 5.26 Å². The number of para-hydroxylation sites is 1. The molecule has 1 atom stereocenters. The van der Waals surface area contributed by atoms with Gasteiger partial charge in [0, 0.05) is 22.4 Å². The highest BCUT2D eigenvalue weighted by Crippen LogP contribution is 2.43. The van der Waals surface area contributed by atoms with Crippen molar-refractivity contribution < 1.29 is 24.2 Å². The maximum Gasteiger partial charge on any atom is 0.335 e. The number of carbonyl (C=O) groups is 2. The van der Waals surface area contributed by atoms with Crippen LogP contribution in [-0.2, 0) is 4.79 Å². The highest BCUT2D eigenvalue weighted by molar-refractivity contribution is 8.00. The molecule has 0 spiro atoms. The molecule has 4 aromatic rings. The first-order valence-electron chi connectivity index (χ1n) is 12.4. The number of thioether (sulfide) groups is 1. The van der Waals surface area contributed by atoms with Gasteiger partial charge in [0.25, 0.3) is 0 Å². The smallest absolute Gasteiger partial charge is 0.335 e. The van der Waals surface area contributed by atoms with Crippen molar-refractivity contribution in [2.75, 3.05) is 19.5 Å². The summed E-state index contributed by atoms with van der Waals surface area (Å²) in [5, 5.41) is 22.1. The number of nitrogens with one attached hydrogen (secondary N) is 1. The lowest BCUT2D eigenvalue weighted by Gasteiger charge is -2.19. The molecule has 0 radical (unpaired) electrons. The number of carboxylic acid groups (broad SMARTS) is 1. The Morgan fingerprint density at radius 3 is 2.33 bits per heavy atom.